The van der Waals surface area contributed by atoms with E-state index in [0.29, 0.717) is 11.3 Å². The fourth-order valence-electron chi connectivity index (χ4n) is 3.09. The fraction of sp³-hybridized carbons (Fsp3) is 0.316. The number of benzene rings is 2. The molecule has 0 spiro atoms. The van der Waals surface area contributed by atoms with E-state index in [4.69, 9.17) is 10.5 Å². The Morgan fingerprint density at radius 1 is 1.08 bits per heavy atom. The summed E-state index contributed by atoms with van der Waals surface area (Å²) >= 11 is 0. The van der Waals surface area contributed by atoms with Crippen molar-refractivity contribution in [1.82, 2.24) is 4.90 Å². The van der Waals surface area contributed by atoms with Crippen molar-refractivity contribution in [1.29, 1.82) is 0 Å². The molecule has 0 bridgehead atoms. The number of carbonyl (C=O) groups excluding carboxylic acids is 1. The third kappa shape index (κ3) is 3.68. The Balaban J connectivity index is 1.67. The lowest BCUT2D eigenvalue weighted by Crippen LogP contribution is -2.46. The molecule has 0 unspecified atom stereocenters. The average Bonchev–Trinajstić information content (AvgIpc) is 2.62. The molecule has 3 rings (SSSR count). The highest BCUT2D eigenvalue weighted by molar-refractivity contribution is 5.97. The molecular formula is C19H23N3O2. The molecule has 0 radical (unpaired) electrons. The van der Waals surface area contributed by atoms with Crippen LogP contribution in [0.2, 0.25) is 0 Å². The van der Waals surface area contributed by atoms with Gasteiger partial charge in [-0.15, -0.1) is 0 Å². The summed E-state index contributed by atoms with van der Waals surface area (Å²) in [5, 5.41) is 0. The highest BCUT2D eigenvalue weighted by atomic mass is 16.5. The Kier molecular flexibility index (Phi) is 5.01. The van der Waals surface area contributed by atoms with Crippen molar-refractivity contribution < 1.29 is 9.53 Å². The summed E-state index contributed by atoms with van der Waals surface area (Å²) in [6.07, 6.45) is 0. The van der Waals surface area contributed by atoms with Crippen LogP contribution in [0.1, 0.15) is 15.9 Å². The van der Waals surface area contributed by atoms with E-state index in [-0.39, 0.29) is 5.97 Å². The van der Waals surface area contributed by atoms with Gasteiger partial charge >= 0.3 is 5.97 Å². The fourth-order valence-corrected chi connectivity index (χ4v) is 3.09. The van der Waals surface area contributed by atoms with E-state index in [9.17, 15) is 4.79 Å². The SMILES string of the molecule is COC(=O)c1cc(N)ccc1N1CCN(Cc2ccccc2)CC1. The zero-order chi connectivity index (χ0) is 16.9. The zero-order valence-corrected chi connectivity index (χ0v) is 13.9. The molecule has 24 heavy (non-hydrogen) atoms. The van der Waals surface area contributed by atoms with Gasteiger partial charge in [0.15, 0.2) is 0 Å². The second-order valence-corrected chi connectivity index (χ2v) is 6.02. The van der Waals surface area contributed by atoms with Gasteiger partial charge in [-0.2, -0.15) is 0 Å². The van der Waals surface area contributed by atoms with Crippen LogP contribution in [0.5, 0.6) is 0 Å². The summed E-state index contributed by atoms with van der Waals surface area (Å²) in [5.41, 5.74) is 9.16. The molecule has 0 saturated carbocycles. The van der Waals surface area contributed by atoms with Crippen molar-refractivity contribution in [2.45, 2.75) is 6.54 Å². The number of rotatable bonds is 4. The van der Waals surface area contributed by atoms with Gasteiger partial charge in [0.2, 0.25) is 0 Å². The molecule has 5 heteroatoms. The van der Waals surface area contributed by atoms with Crippen LogP contribution in [0.25, 0.3) is 0 Å². The topological polar surface area (TPSA) is 58.8 Å². The summed E-state index contributed by atoms with van der Waals surface area (Å²) in [6.45, 7) is 4.63. The Hall–Kier alpha value is -2.53. The molecular weight excluding hydrogens is 302 g/mol. The lowest BCUT2D eigenvalue weighted by atomic mass is 10.1. The van der Waals surface area contributed by atoms with E-state index in [1.54, 1.807) is 6.07 Å². The molecule has 1 aliphatic heterocycles. The summed E-state index contributed by atoms with van der Waals surface area (Å²) in [6, 6.07) is 15.9. The number of nitrogens with zero attached hydrogens (tertiary/aromatic N) is 2. The van der Waals surface area contributed by atoms with E-state index in [1.807, 2.05) is 18.2 Å². The van der Waals surface area contributed by atoms with E-state index in [2.05, 4.69) is 34.1 Å². The highest BCUT2D eigenvalue weighted by Gasteiger charge is 2.22. The van der Waals surface area contributed by atoms with Gasteiger partial charge in [0.05, 0.1) is 18.4 Å². The molecule has 0 aliphatic carbocycles. The molecule has 2 aromatic carbocycles. The summed E-state index contributed by atoms with van der Waals surface area (Å²) < 4.78 is 4.89. The Labute approximate surface area is 142 Å². The van der Waals surface area contributed by atoms with Crippen LogP contribution >= 0.6 is 0 Å². The monoisotopic (exact) mass is 325 g/mol. The van der Waals surface area contributed by atoms with Crippen LogP contribution in [0.4, 0.5) is 11.4 Å². The van der Waals surface area contributed by atoms with Gasteiger partial charge in [-0.05, 0) is 23.8 Å². The van der Waals surface area contributed by atoms with Crippen molar-refractivity contribution in [3.63, 3.8) is 0 Å². The second-order valence-electron chi connectivity index (χ2n) is 6.02. The predicted molar refractivity (Wildman–Crippen MR) is 96.1 cm³/mol. The first kappa shape index (κ1) is 16.3. The van der Waals surface area contributed by atoms with Crippen molar-refractivity contribution in [2.24, 2.45) is 0 Å². The molecule has 0 atom stereocenters. The first-order valence-electron chi connectivity index (χ1n) is 8.16. The summed E-state index contributed by atoms with van der Waals surface area (Å²) in [7, 11) is 1.40. The standard InChI is InChI=1S/C19H23N3O2/c1-24-19(23)17-13-16(20)7-8-18(17)22-11-9-21(10-12-22)14-15-5-3-2-4-6-15/h2-8,13H,9-12,14,20H2,1H3. The third-order valence-corrected chi connectivity index (χ3v) is 4.39. The summed E-state index contributed by atoms with van der Waals surface area (Å²) in [4.78, 5) is 16.7. The maximum absolute atomic E-state index is 12.0. The first-order valence-corrected chi connectivity index (χ1v) is 8.16. The Morgan fingerprint density at radius 3 is 2.46 bits per heavy atom. The second kappa shape index (κ2) is 7.36. The van der Waals surface area contributed by atoms with Crippen LogP contribution in [0.15, 0.2) is 48.5 Å². The molecule has 5 nitrogen and oxygen atoms in total. The minimum absolute atomic E-state index is 0.344. The van der Waals surface area contributed by atoms with E-state index in [0.717, 1.165) is 38.4 Å². The van der Waals surface area contributed by atoms with Crippen LogP contribution < -0.4 is 10.6 Å². The number of esters is 1. The molecule has 126 valence electrons. The first-order chi connectivity index (χ1) is 11.7. The van der Waals surface area contributed by atoms with Crippen LogP contribution in [0, 0.1) is 0 Å². The van der Waals surface area contributed by atoms with E-state index in [1.165, 1.54) is 12.7 Å². The number of piperazine rings is 1. The molecule has 0 amide bonds. The quantitative estimate of drug-likeness (QED) is 0.691. The number of anilines is 2. The number of nitrogens with two attached hydrogens (primary N) is 1. The smallest absolute Gasteiger partial charge is 0.340 e. The molecule has 2 N–H and O–H groups in total. The molecule has 1 heterocycles. The van der Waals surface area contributed by atoms with Crippen molar-refractivity contribution in [2.75, 3.05) is 43.9 Å². The highest BCUT2D eigenvalue weighted by Crippen LogP contribution is 2.25. The molecule has 1 saturated heterocycles. The number of methoxy groups -OCH3 is 1. The summed E-state index contributed by atoms with van der Waals surface area (Å²) in [5.74, 6) is -0.344. The van der Waals surface area contributed by atoms with Crippen molar-refractivity contribution in [3.8, 4) is 0 Å². The average molecular weight is 325 g/mol. The number of carbonyl (C=O) groups is 1. The van der Waals surface area contributed by atoms with Gasteiger partial charge in [-0.25, -0.2) is 4.79 Å². The van der Waals surface area contributed by atoms with Crippen molar-refractivity contribution in [3.05, 3.63) is 59.7 Å². The molecule has 0 aromatic heterocycles. The number of nitrogen functional groups attached to an aromatic ring is 1. The van der Waals surface area contributed by atoms with Gasteiger partial charge in [-0.3, -0.25) is 4.90 Å². The normalized spacial score (nSPS) is 15.3. The van der Waals surface area contributed by atoms with Crippen LogP contribution in [-0.2, 0) is 11.3 Å². The van der Waals surface area contributed by atoms with Gasteiger partial charge in [0.1, 0.15) is 0 Å². The van der Waals surface area contributed by atoms with E-state index < -0.39 is 0 Å². The van der Waals surface area contributed by atoms with Gasteiger partial charge in [0.25, 0.3) is 0 Å². The minimum Gasteiger partial charge on any atom is -0.465 e. The number of hydrogen-bond acceptors (Lipinski definition) is 5. The molecule has 1 fully saturated rings. The lowest BCUT2D eigenvalue weighted by molar-refractivity contribution is 0.0601. The predicted octanol–water partition coefficient (Wildman–Crippen LogP) is 2.38. The zero-order valence-electron chi connectivity index (χ0n) is 13.9. The maximum Gasteiger partial charge on any atom is 0.340 e. The van der Waals surface area contributed by atoms with Crippen LogP contribution in [-0.4, -0.2) is 44.2 Å². The molecule has 2 aromatic rings. The number of hydrogen-bond donors (Lipinski definition) is 1. The van der Waals surface area contributed by atoms with Crippen LogP contribution in [0.3, 0.4) is 0 Å². The van der Waals surface area contributed by atoms with Gasteiger partial charge in [-0.1, -0.05) is 30.3 Å². The van der Waals surface area contributed by atoms with Gasteiger partial charge < -0.3 is 15.4 Å². The largest absolute Gasteiger partial charge is 0.465 e. The van der Waals surface area contributed by atoms with E-state index >= 15 is 0 Å². The molecule has 1 aliphatic rings. The van der Waals surface area contributed by atoms with Gasteiger partial charge in [0, 0.05) is 38.4 Å². The Morgan fingerprint density at radius 2 is 1.79 bits per heavy atom. The van der Waals surface area contributed by atoms with Crippen molar-refractivity contribution >= 4 is 17.3 Å². The third-order valence-electron chi connectivity index (χ3n) is 4.39. The maximum atomic E-state index is 12.0. The Bertz CT molecular complexity index is 695. The lowest BCUT2D eigenvalue weighted by Gasteiger charge is -2.36. The minimum atomic E-state index is -0.344. The number of ether oxygens (including phenoxy) is 1.